The Morgan fingerprint density at radius 2 is 2.35 bits per heavy atom. The number of carbonyl (C=O) groups excluding carboxylic acids is 1. The van der Waals surface area contributed by atoms with E-state index in [9.17, 15) is 13.2 Å². The molecule has 1 aromatic heterocycles. The Hall–Kier alpha value is -1.45. The number of nitrogens with one attached hydrogen (secondary N) is 2. The Morgan fingerprint density at radius 1 is 1.60 bits per heavy atom. The van der Waals surface area contributed by atoms with Crippen molar-refractivity contribution < 1.29 is 13.2 Å². The molecule has 0 aliphatic carbocycles. The van der Waals surface area contributed by atoms with Crippen molar-refractivity contribution in [3.05, 3.63) is 12.0 Å². The lowest BCUT2D eigenvalue weighted by molar-refractivity contribution is -0.118. The number of primary amides is 1. The lowest BCUT2D eigenvalue weighted by Gasteiger charge is -2.25. The van der Waals surface area contributed by atoms with Crippen molar-refractivity contribution in [3.8, 4) is 0 Å². The van der Waals surface area contributed by atoms with Crippen LogP contribution < -0.4 is 11.1 Å². The molecule has 1 aromatic rings. The number of aromatic nitrogens is 2. The average molecular weight is 301 g/mol. The van der Waals surface area contributed by atoms with Crippen LogP contribution in [-0.4, -0.2) is 54.3 Å². The van der Waals surface area contributed by atoms with Crippen LogP contribution in [0.25, 0.3) is 0 Å². The first-order valence-electron chi connectivity index (χ1n) is 6.50. The van der Waals surface area contributed by atoms with Crippen LogP contribution in [0.2, 0.25) is 0 Å². The summed E-state index contributed by atoms with van der Waals surface area (Å²) in [6, 6.07) is -0.263. The van der Waals surface area contributed by atoms with E-state index in [0.717, 1.165) is 10.8 Å². The van der Waals surface area contributed by atoms with Crippen LogP contribution in [-0.2, 0) is 21.2 Å². The Balaban J connectivity index is 2.32. The minimum Gasteiger partial charge on any atom is -0.369 e. The summed E-state index contributed by atoms with van der Waals surface area (Å²) >= 11 is 0. The Labute approximate surface area is 117 Å². The largest absolute Gasteiger partial charge is 0.369 e. The van der Waals surface area contributed by atoms with Gasteiger partial charge >= 0.3 is 0 Å². The number of nitrogens with two attached hydrogens (primary N) is 1. The Bertz CT molecular complexity index is 577. The van der Waals surface area contributed by atoms with E-state index >= 15 is 0 Å². The van der Waals surface area contributed by atoms with Crippen LogP contribution in [0.1, 0.15) is 19.2 Å². The molecule has 1 aliphatic rings. The van der Waals surface area contributed by atoms with Gasteiger partial charge in [0.25, 0.3) is 10.0 Å². The van der Waals surface area contributed by atoms with E-state index in [1.165, 1.54) is 6.20 Å². The lowest BCUT2D eigenvalue weighted by Crippen LogP contribution is -2.46. The smallest absolute Gasteiger partial charge is 0.260 e. The molecule has 1 unspecified atom stereocenters. The van der Waals surface area contributed by atoms with Crippen LogP contribution >= 0.6 is 0 Å². The van der Waals surface area contributed by atoms with Gasteiger partial charge in [0.15, 0.2) is 5.03 Å². The van der Waals surface area contributed by atoms with Crippen molar-refractivity contribution in [1.29, 1.82) is 0 Å². The fourth-order valence-corrected chi connectivity index (χ4v) is 3.78. The first kappa shape index (κ1) is 14.9. The summed E-state index contributed by atoms with van der Waals surface area (Å²) in [5.74, 6) is -0.0807. The SMILES string of the molecule is CCc1ncc(S(=O)(=O)N(CC(N)=O)C2CCNC2)[nH]1. The second-order valence-electron chi connectivity index (χ2n) is 4.71. The molecule has 2 heterocycles. The predicted molar refractivity (Wildman–Crippen MR) is 72.3 cm³/mol. The third-order valence-corrected chi connectivity index (χ3v) is 5.09. The predicted octanol–water partition coefficient (Wildman–Crippen LogP) is -1.19. The number of carbonyl (C=O) groups is 1. The second-order valence-corrected chi connectivity index (χ2v) is 6.57. The molecule has 1 atom stereocenters. The quantitative estimate of drug-likeness (QED) is 0.610. The zero-order chi connectivity index (χ0) is 14.8. The van der Waals surface area contributed by atoms with E-state index in [-0.39, 0.29) is 17.6 Å². The molecule has 9 heteroatoms. The molecule has 20 heavy (non-hydrogen) atoms. The first-order chi connectivity index (χ1) is 9.45. The highest BCUT2D eigenvalue weighted by Gasteiger charge is 2.35. The number of rotatable bonds is 6. The minimum absolute atomic E-state index is 0.00231. The molecule has 1 saturated heterocycles. The highest BCUT2D eigenvalue weighted by molar-refractivity contribution is 7.89. The molecule has 1 amide bonds. The van der Waals surface area contributed by atoms with E-state index in [2.05, 4.69) is 15.3 Å². The van der Waals surface area contributed by atoms with Gasteiger partial charge in [0, 0.05) is 19.0 Å². The van der Waals surface area contributed by atoms with Crippen molar-refractivity contribution in [2.45, 2.75) is 30.8 Å². The maximum Gasteiger partial charge on any atom is 0.260 e. The summed E-state index contributed by atoms with van der Waals surface area (Å²) < 4.78 is 26.4. The van der Waals surface area contributed by atoms with Gasteiger partial charge in [-0.1, -0.05) is 6.92 Å². The molecule has 0 aromatic carbocycles. The van der Waals surface area contributed by atoms with Gasteiger partial charge in [0.05, 0.1) is 12.7 Å². The lowest BCUT2D eigenvalue weighted by atomic mass is 10.2. The van der Waals surface area contributed by atoms with Crippen molar-refractivity contribution in [2.75, 3.05) is 19.6 Å². The van der Waals surface area contributed by atoms with Crippen molar-refractivity contribution in [2.24, 2.45) is 5.73 Å². The molecule has 1 aliphatic heterocycles. The molecule has 1 fully saturated rings. The number of aryl methyl sites for hydroxylation is 1. The molecule has 8 nitrogen and oxygen atoms in total. The number of hydrogen-bond donors (Lipinski definition) is 3. The summed E-state index contributed by atoms with van der Waals surface area (Å²) in [7, 11) is -3.79. The second kappa shape index (κ2) is 5.90. The standard InChI is InChI=1S/C11H19N5O3S/c1-2-10-14-6-11(15-10)20(18,19)16(7-9(12)17)8-3-4-13-5-8/h6,8,13H,2-5,7H2,1H3,(H2,12,17)(H,14,15). The number of H-pyrrole nitrogens is 1. The highest BCUT2D eigenvalue weighted by Crippen LogP contribution is 2.19. The van der Waals surface area contributed by atoms with Gasteiger partial charge in [-0.2, -0.15) is 4.31 Å². The summed E-state index contributed by atoms with van der Waals surface area (Å²) in [5, 5.41) is 3.08. The summed E-state index contributed by atoms with van der Waals surface area (Å²) in [4.78, 5) is 17.9. The van der Waals surface area contributed by atoms with Crippen molar-refractivity contribution >= 4 is 15.9 Å². The van der Waals surface area contributed by atoms with Crippen molar-refractivity contribution in [3.63, 3.8) is 0 Å². The Morgan fingerprint density at radius 3 is 2.85 bits per heavy atom. The van der Waals surface area contributed by atoms with Gasteiger partial charge in [0.2, 0.25) is 5.91 Å². The molecule has 0 spiro atoms. The third-order valence-electron chi connectivity index (χ3n) is 3.28. The summed E-state index contributed by atoms with van der Waals surface area (Å²) in [5.41, 5.74) is 5.18. The van der Waals surface area contributed by atoms with Crippen LogP contribution in [0.4, 0.5) is 0 Å². The molecule has 2 rings (SSSR count). The number of amides is 1. The molecule has 112 valence electrons. The summed E-state index contributed by atoms with van der Waals surface area (Å²) in [6.45, 7) is 2.78. The van der Waals surface area contributed by atoms with Gasteiger partial charge in [-0.25, -0.2) is 13.4 Å². The fourth-order valence-electron chi connectivity index (χ4n) is 2.23. The van der Waals surface area contributed by atoms with E-state index < -0.39 is 15.9 Å². The van der Waals surface area contributed by atoms with E-state index in [0.29, 0.717) is 25.2 Å². The number of nitrogens with zero attached hydrogens (tertiary/aromatic N) is 2. The number of hydrogen-bond acceptors (Lipinski definition) is 5. The van der Waals surface area contributed by atoms with Crippen LogP contribution in [0.15, 0.2) is 11.2 Å². The normalized spacial score (nSPS) is 19.6. The topological polar surface area (TPSA) is 121 Å². The van der Waals surface area contributed by atoms with Gasteiger partial charge < -0.3 is 16.0 Å². The molecule has 0 bridgehead atoms. The molecular formula is C11H19N5O3S. The monoisotopic (exact) mass is 301 g/mol. The van der Waals surface area contributed by atoms with Crippen molar-refractivity contribution in [1.82, 2.24) is 19.6 Å². The maximum absolute atomic E-state index is 12.6. The van der Waals surface area contributed by atoms with Gasteiger partial charge in [-0.3, -0.25) is 4.79 Å². The first-order valence-corrected chi connectivity index (χ1v) is 7.94. The average Bonchev–Trinajstić information content (AvgIpc) is 3.06. The zero-order valence-corrected chi connectivity index (χ0v) is 12.1. The molecule has 0 saturated carbocycles. The Kier molecular flexibility index (Phi) is 4.41. The van der Waals surface area contributed by atoms with E-state index in [1.54, 1.807) is 0 Å². The molecular weight excluding hydrogens is 282 g/mol. The molecule has 0 radical (unpaired) electrons. The highest BCUT2D eigenvalue weighted by atomic mass is 32.2. The number of sulfonamides is 1. The van der Waals surface area contributed by atoms with Gasteiger partial charge in [0.1, 0.15) is 5.82 Å². The van der Waals surface area contributed by atoms with Crippen LogP contribution in [0.5, 0.6) is 0 Å². The minimum atomic E-state index is -3.79. The van der Waals surface area contributed by atoms with Crippen LogP contribution in [0, 0.1) is 0 Å². The zero-order valence-electron chi connectivity index (χ0n) is 11.3. The van der Waals surface area contributed by atoms with Crippen LogP contribution in [0.3, 0.4) is 0 Å². The third kappa shape index (κ3) is 3.00. The number of imidazole rings is 1. The number of aromatic amines is 1. The summed E-state index contributed by atoms with van der Waals surface area (Å²) in [6.07, 6.45) is 2.54. The maximum atomic E-state index is 12.6. The van der Waals surface area contributed by atoms with E-state index in [1.807, 2.05) is 6.92 Å². The molecule has 4 N–H and O–H groups in total. The van der Waals surface area contributed by atoms with Gasteiger partial charge in [-0.05, 0) is 13.0 Å². The van der Waals surface area contributed by atoms with Gasteiger partial charge in [-0.15, -0.1) is 0 Å². The van der Waals surface area contributed by atoms with E-state index in [4.69, 9.17) is 5.73 Å². The fraction of sp³-hybridized carbons (Fsp3) is 0.636.